The lowest BCUT2D eigenvalue weighted by Gasteiger charge is -2.46. The number of amides is 2. The lowest BCUT2D eigenvalue weighted by atomic mass is 9.97. The number of carbonyl (C=O) groups excluding carboxylic acids is 3. The minimum Gasteiger partial charge on any atom is -0.444 e. The summed E-state index contributed by atoms with van der Waals surface area (Å²) in [6.45, 7) is 10.8. The van der Waals surface area contributed by atoms with Gasteiger partial charge in [0.25, 0.3) is 5.91 Å². The van der Waals surface area contributed by atoms with Crippen molar-refractivity contribution in [2.45, 2.75) is 64.8 Å². The first kappa shape index (κ1) is 24.9. The molecule has 1 aromatic carbocycles. The fourth-order valence-corrected chi connectivity index (χ4v) is 4.90. The number of hydrogen-bond acceptors (Lipinski definition) is 6. The summed E-state index contributed by atoms with van der Waals surface area (Å²) in [5.41, 5.74) is 1.35. The van der Waals surface area contributed by atoms with Gasteiger partial charge in [-0.1, -0.05) is 24.3 Å². The minimum atomic E-state index is -0.572. The Kier molecular flexibility index (Phi) is 6.98. The van der Waals surface area contributed by atoms with Crippen LogP contribution in [0.15, 0.2) is 36.8 Å². The average molecular weight is 483 g/mol. The Hall–Kier alpha value is -3.20. The van der Waals surface area contributed by atoms with Crippen LogP contribution in [-0.2, 0) is 9.47 Å². The summed E-state index contributed by atoms with van der Waals surface area (Å²) in [6, 6.07) is 7.05. The molecule has 0 radical (unpaired) electrons. The lowest BCUT2D eigenvalue weighted by Crippen LogP contribution is -2.61. The fraction of sp³-hybridized carbons (Fsp3) is 0.538. The Morgan fingerprint density at radius 3 is 2.63 bits per heavy atom. The molecular weight excluding hydrogens is 448 g/mol. The van der Waals surface area contributed by atoms with Crippen LogP contribution in [0, 0.1) is 0 Å². The zero-order valence-corrected chi connectivity index (χ0v) is 21.1. The number of hydrogen-bond donors (Lipinski definition) is 0. The SMILES string of the molecule is CC(=O)c1ccccc1[C@H](C)n1cncc1C(=O)N1CC[C@@H]2[C@@H](C1)OCCN2C(=O)OC(C)(C)C. The number of nitrogens with zero attached hydrogens (tertiary/aromatic N) is 4. The number of imidazole rings is 1. The zero-order valence-electron chi connectivity index (χ0n) is 21.1. The van der Waals surface area contributed by atoms with Crippen LogP contribution in [0.25, 0.3) is 0 Å². The minimum absolute atomic E-state index is 0.0218. The van der Waals surface area contributed by atoms with E-state index < -0.39 is 5.60 Å². The maximum absolute atomic E-state index is 13.6. The summed E-state index contributed by atoms with van der Waals surface area (Å²) in [7, 11) is 0. The largest absolute Gasteiger partial charge is 0.444 e. The molecule has 0 unspecified atom stereocenters. The average Bonchev–Trinajstić information content (AvgIpc) is 3.31. The third kappa shape index (κ3) is 5.24. The molecule has 0 N–H and O–H groups in total. The number of rotatable bonds is 4. The molecule has 0 spiro atoms. The topological polar surface area (TPSA) is 94.0 Å². The predicted molar refractivity (Wildman–Crippen MR) is 129 cm³/mol. The van der Waals surface area contributed by atoms with Crippen molar-refractivity contribution in [1.29, 1.82) is 0 Å². The van der Waals surface area contributed by atoms with Gasteiger partial charge in [0, 0.05) is 25.2 Å². The number of ether oxygens (including phenoxy) is 2. The summed E-state index contributed by atoms with van der Waals surface area (Å²) in [4.78, 5) is 46.2. The molecular formula is C26H34N4O5. The van der Waals surface area contributed by atoms with E-state index in [0.717, 1.165) is 5.56 Å². The van der Waals surface area contributed by atoms with E-state index in [1.807, 2.05) is 50.5 Å². The molecule has 9 nitrogen and oxygen atoms in total. The number of morpholine rings is 1. The highest BCUT2D eigenvalue weighted by Gasteiger charge is 2.42. The van der Waals surface area contributed by atoms with E-state index >= 15 is 0 Å². The van der Waals surface area contributed by atoms with Gasteiger partial charge in [0.15, 0.2) is 5.78 Å². The van der Waals surface area contributed by atoms with Gasteiger partial charge in [-0.3, -0.25) is 9.59 Å². The maximum Gasteiger partial charge on any atom is 0.410 e. The van der Waals surface area contributed by atoms with Crippen molar-refractivity contribution in [3.63, 3.8) is 0 Å². The van der Waals surface area contributed by atoms with Crippen molar-refractivity contribution < 1.29 is 23.9 Å². The monoisotopic (exact) mass is 482 g/mol. The summed E-state index contributed by atoms with van der Waals surface area (Å²) in [6.07, 6.45) is 3.18. The number of benzene rings is 1. The van der Waals surface area contributed by atoms with Crippen molar-refractivity contribution in [1.82, 2.24) is 19.4 Å². The summed E-state index contributed by atoms with van der Waals surface area (Å²) < 4.78 is 13.4. The van der Waals surface area contributed by atoms with Crippen molar-refractivity contribution in [3.05, 3.63) is 53.6 Å². The quantitative estimate of drug-likeness (QED) is 0.619. The Morgan fingerprint density at radius 1 is 1.17 bits per heavy atom. The molecule has 0 saturated carbocycles. The van der Waals surface area contributed by atoms with E-state index in [-0.39, 0.29) is 36.0 Å². The highest BCUT2D eigenvalue weighted by molar-refractivity contribution is 5.96. The molecule has 1 aromatic heterocycles. The van der Waals surface area contributed by atoms with Crippen molar-refractivity contribution >= 4 is 17.8 Å². The highest BCUT2D eigenvalue weighted by Crippen LogP contribution is 2.28. The molecule has 2 aliphatic rings. The van der Waals surface area contributed by atoms with Gasteiger partial charge >= 0.3 is 6.09 Å². The molecule has 4 rings (SSSR count). The third-order valence-corrected chi connectivity index (χ3v) is 6.60. The second-order valence-corrected chi connectivity index (χ2v) is 10.2. The van der Waals surface area contributed by atoms with Crippen LogP contribution in [0.2, 0.25) is 0 Å². The number of ketones is 1. The van der Waals surface area contributed by atoms with Crippen LogP contribution >= 0.6 is 0 Å². The fourth-order valence-electron chi connectivity index (χ4n) is 4.90. The number of piperidine rings is 1. The molecule has 2 fully saturated rings. The predicted octanol–water partition coefficient (Wildman–Crippen LogP) is 3.55. The van der Waals surface area contributed by atoms with E-state index in [2.05, 4.69) is 4.98 Å². The summed E-state index contributed by atoms with van der Waals surface area (Å²) in [5.74, 6) is -0.169. The van der Waals surface area contributed by atoms with Crippen LogP contribution in [0.4, 0.5) is 4.79 Å². The first-order valence-corrected chi connectivity index (χ1v) is 12.1. The van der Waals surface area contributed by atoms with Gasteiger partial charge in [-0.2, -0.15) is 0 Å². The van der Waals surface area contributed by atoms with Gasteiger partial charge < -0.3 is 23.8 Å². The second-order valence-electron chi connectivity index (χ2n) is 10.2. The summed E-state index contributed by atoms with van der Waals surface area (Å²) >= 11 is 0. The van der Waals surface area contributed by atoms with E-state index in [4.69, 9.17) is 9.47 Å². The number of fused-ring (bicyclic) bond motifs is 1. The molecule has 0 bridgehead atoms. The van der Waals surface area contributed by atoms with Gasteiger partial charge in [0.2, 0.25) is 0 Å². The van der Waals surface area contributed by atoms with Gasteiger partial charge in [0.05, 0.1) is 37.3 Å². The Bertz CT molecular complexity index is 1110. The molecule has 0 aliphatic carbocycles. The first-order chi connectivity index (χ1) is 16.6. The third-order valence-electron chi connectivity index (χ3n) is 6.60. The second kappa shape index (κ2) is 9.81. The Balaban J connectivity index is 1.50. The van der Waals surface area contributed by atoms with E-state index in [0.29, 0.717) is 43.9 Å². The summed E-state index contributed by atoms with van der Waals surface area (Å²) in [5, 5.41) is 0. The van der Waals surface area contributed by atoms with Gasteiger partial charge in [-0.25, -0.2) is 9.78 Å². The molecule has 3 atom stereocenters. The first-order valence-electron chi connectivity index (χ1n) is 12.1. The van der Waals surface area contributed by atoms with Crippen LogP contribution in [0.5, 0.6) is 0 Å². The molecule has 188 valence electrons. The molecule has 2 aromatic rings. The number of aromatic nitrogens is 2. The molecule has 2 saturated heterocycles. The number of carbonyl (C=O) groups is 3. The molecule has 2 amide bonds. The van der Waals surface area contributed by atoms with E-state index in [9.17, 15) is 14.4 Å². The van der Waals surface area contributed by atoms with Gasteiger partial charge in [0.1, 0.15) is 11.3 Å². The van der Waals surface area contributed by atoms with E-state index in [1.165, 1.54) is 0 Å². The lowest BCUT2D eigenvalue weighted by molar-refractivity contribution is -0.0988. The van der Waals surface area contributed by atoms with Gasteiger partial charge in [-0.05, 0) is 46.6 Å². The molecule has 3 heterocycles. The number of Topliss-reactive ketones (excluding diaryl/α,β-unsaturated/α-hetero) is 1. The van der Waals surface area contributed by atoms with Crippen LogP contribution in [-0.4, -0.2) is 81.1 Å². The van der Waals surface area contributed by atoms with E-state index in [1.54, 1.807) is 35.3 Å². The van der Waals surface area contributed by atoms with Crippen LogP contribution in [0.3, 0.4) is 0 Å². The van der Waals surface area contributed by atoms with Gasteiger partial charge in [-0.15, -0.1) is 0 Å². The smallest absolute Gasteiger partial charge is 0.410 e. The highest BCUT2D eigenvalue weighted by atomic mass is 16.6. The standard InChI is InChI=1S/C26H34N4O5/c1-17(19-8-6-7-9-20(19)18(2)31)30-16-27-14-22(30)24(32)28-11-10-21-23(15-28)34-13-12-29(21)25(33)35-26(3,4)5/h6-9,14,16-17,21,23H,10-13,15H2,1-5H3/t17-,21+,23+/m0/s1. The van der Waals surface area contributed by atoms with Crippen molar-refractivity contribution in [2.24, 2.45) is 0 Å². The normalized spacial score (nSPS) is 21.3. The molecule has 2 aliphatic heterocycles. The van der Waals surface area contributed by atoms with Crippen molar-refractivity contribution in [2.75, 3.05) is 26.2 Å². The Morgan fingerprint density at radius 2 is 1.91 bits per heavy atom. The maximum atomic E-state index is 13.6. The zero-order chi connectivity index (χ0) is 25.3. The van der Waals surface area contributed by atoms with Crippen LogP contribution < -0.4 is 0 Å². The Labute approximate surface area is 206 Å². The molecule has 35 heavy (non-hydrogen) atoms. The van der Waals surface area contributed by atoms with Crippen molar-refractivity contribution in [3.8, 4) is 0 Å². The number of likely N-dealkylation sites (tertiary alicyclic amines) is 1. The molecule has 9 heteroatoms. The van der Waals surface area contributed by atoms with Crippen LogP contribution in [0.1, 0.15) is 73.5 Å².